The number of hydrogen-bond donors (Lipinski definition) is 0. The highest BCUT2D eigenvalue weighted by Gasteiger charge is 2.52. The summed E-state index contributed by atoms with van der Waals surface area (Å²) >= 11 is 0. The second-order valence-electron chi connectivity index (χ2n) is 9.13. The summed E-state index contributed by atoms with van der Waals surface area (Å²) in [4.78, 5) is 12.3. The van der Waals surface area contributed by atoms with Crippen LogP contribution in [0, 0.1) is 17.8 Å². The molecule has 27 heavy (non-hydrogen) atoms. The van der Waals surface area contributed by atoms with Crippen LogP contribution in [0.25, 0.3) is 0 Å². The third-order valence-electron chi connectivity index (χ3n) is 5.79. The van der Waals surface area contributed by atoms with Crippen LogP contribution in [-0.2, 0) is 9.22 Å². The van der Waals surface area contributed by atoms with Crippen molar-refractivity contribution in [3.05, 3.63) is 60.7 Å². The van der Waals surface area contributed by atoms with Crippen molar-refractivity contribution in [1.82, 2.24) is 0 Å². The number of Topliss-reactive ketones (excluding diaryl/α,β-unsaturated/α-hetero) is 1. The molecule has 0 aromatic heterocycles. The summed E-state index contributed by atoms with van der Waals surface area (Å²) in [5.41, 5.74) is 0. The molecular formula is C24H32O2Si. The molecular weight excluding hydrogens is 348 g/mol. The average Bonchev–Trinajstić information content (AvgIpc) is 3.42. The van der Waals surface area contributed by atoms with E-state index in [-0.39, 0.29) is 16.9 Å². The summed E-state index contributed by atoms with van der Waals surface area (Å²) in [6, 6.07) is 21.4. The van der Waals surface area contributed by atoms with E-state index in [1.165, 1.54) is 10.4 Å². The van der Waals surface area contributed by atoms with Crippen LogP contribution in [0.2, 0.25) is 5.04 Å². The molecule has 2 nitrogen and oxygen atoms in total. The Morgan fingerprint density at radius 3 is 1.89 bits per heavy atom. The van der Waals surface area contributed by atoms with Gasteiger partial charge in [-0.15, -0.1) is 0 Å². The molecule has 0 heterocycles. The number of ketones is 1. The number of hydrogen-bond acceptors (Lipinski definition) is 2. The molecule has 144 valence electrons. The molecule has 0 radical (unpaired) electrons. The summed E-state index contributed by atoms with van der Waals surface area (Å²) in [5, 5.41) is 2.59. The van der Waals surface area contributed by atoms with Gasteiger partial charge in [-0.05, 0) is 27.8 Å². The van der Waals surface area contributed by atoms with Crippen LogP contribution in [-0.4, -0.2) is 20.7 Å². The van der Waals surface area contributed by atoms with E-state index in [0.29, 0.717) is 18.3 Å². The Balaban J connectivity index is 1.95. The van der Waals surface area contributed by atoms with Crippen LogP contribution in [0.4, 0.5) is 0 Å². The largest absolute Gasteiger partial charge is 0.407 e. The van der Waals surface area contributed by atoms with Crippen molar-refractivity contribution in [1.29, 1.82) is 0 Å². The second kappa shape index (κ2) is 7.73. The fourth-order valence-corrected chi connectivity index (χ4v) is 8.82. The Labute approximate surface area is 165 Å². The molecule has 1 aliphatic carbocycles. The molecule has 1 fully saturated rings. The number of carbonyl (C=O) groups excluding carboxylic acids is 1. The second-order valence-corrected chi connectivity index (χ2v) is 13.4. The lowest BCUT2D eigenvalue weighted by atomic mass is 10.0. The van der Waals surface area contributed by atoms with Gasteiger partial charge in [0, 0.05) is 18.4 Å². The highest BCUT2D eigenvalue weighted by atomic mass is 28.4. The van der Waals surface area contributed by atoms with Crippen LogP contribution in [0.3, 0.4) is 0 Å². The van der Waals surface area contributed by atoms with Crippen molar-refractivity contribution in [3.63, 3.8) is 0 Å². The molecule has 3 rings (SSSR count). The Bertz CT molecular complexity index is 722. The van der Waals surface area contributed by atoms with Gasteiger partial charge in [-0.2, -0.15) is 0 Å². The lowest BCUT2D eigenvalue weighted by Crippen LogP contribution is -2.66. The van der Waals surface area contributed by atoms with E-state index in [4.69, 9.17) is 4.43 Å². The van der Waals surface area contributed by atoms with Gasteiger partial charge in [0.05, 0.1) is 0 Å². The Morgan fingerprint density at radius 2 is 1.48 bits per heavy atom. The molecule has 2 aromatic rings. The molecule has 0 aliphatic heterocycles. The molecule has 1 aliphatic rings. The molecule has 0 bridgehead atoms. The molecule has 3 heteroatoms. The van der Waals surface area contributed by atoms with Gasteiger partial charge in [-0.3, -0.25) is 4.79 Å². The number of carbonyl (C=O) groups is 1. The van der Waals surface area contributed by atoms with E-state index in [1.54, 1.807) is 0 Å². The molecule has 0 unspecified atom stereocenters. The maximum Gasteiger partial charge on any atom is 0.261 e. The minimum Gasteiger partial charge on any atom is -0.407 e. The van der Waals surface area contributed by atoms with Gasteiger partial charge in [0.1, 0.15) is 5.78 Å². The third kappa shape index (κ3) is 3.95. The smallest absolute Gasteiger partial charge is 0.261 e. The van der Waals surface area contributed by atoms with E-state index in [2.05, 4.69) is 81.4 Å². The van der Waals surface area contributed by atoms with E-state index < -0.39 is 8.32 Å². The maximum atomic E-state index is 12.3. The van der Waals surface area contributed by atoms with E-state index in [9.17, 15) is 4.79 Å². The molecule has 2 aromatic carbocycles. The summed E-state index contributed by atoms with van der Waals surface area (Å²) in [6.07, 6.45) is 0.981. The van der Waals surface area contributed by atoms with Gasteiger partial charge < -0.3 is 4.43 Å². The van der Waals surface area contributed by atoms with E-state index in [1.807, 2.05) is 13.8 Å². The highest BCUT2D eigenvalue weighted by molar-refractivity contribution is 6.99. The molecule has 0 amide bonds. The fourth-order valence-electron chi connectivity index (χ4n) is 4.20. The lowest BCUT2D eigenvalue weighted by Gasteiger charge is -2.43. The molecule has 0 N–H and O–H groups in total. The summed E-state index contributed by atoms with van der Waals surface area (Å²) in [5.74, 6) is 1.09. The molecule has 0 saturated heterocycles. The third-order valence-corrected chi connectivity index (χ3v) is 10.8. The molecule has 0 spiro atoms. The zero-order valence-corrected chi connectivity index (χ0v) is 18.2. The quantitative estimate of drug-likeness (QED) is 0.665. The SMILES string of the molecule is CC(C)C(=O)[C@@H]1C[C@H]1CO[Si](c1ccccc1)(c1ccccc1)C(C)(C)C. The predicted molar refractivity (Wildman–Crippen MR) is 115 cm³/mol. The Hall–Kier alpha value is -1.71. The first-order chi connectivity index (χ1) is 12.8. The maximum absolute atomic E-state index is 12.3. The van der Waals surface area contributed by atoms with Crippen LogP contribution in [0.5, 0.6) is 0 Å². The Kier molecular flexibility index (Phi) is 5.73. The first kappa shape index (κ1) is 20.0. The van der Waals surface area contributed by atoms with Crippen molar-refractivity contribution in [2.75, 3.05) is 6.61 Å². The van der Waals surface area contributed by atoms with Gasteiger partial charge in [0.25, 0.3) is 8.32 Å². The van der Waals surface area contributed by atoms with E-state index in [0.717, 1.165) is 6.42 Å². The van der Waals surface area contributed by atoms with Gasteiger partial charge in [0.15, 0.2) is 0 Å². The minimum absolute atomic E-state index is 0.0118. The topological polar surface area (TPSA) is 26.3 Å². The number of rotatable bonds is 7. The van der Waals surface area contributed by atoms with Gasteiger partial charge in [-0.1, -0.05) is 95.3 Å². The summed E-state index contributed by atoms with van der Waals surface area (Å²) in [6.45, 7) is 11.6. The van der Waals surface area contributed by atoms with Crippen molar-refractivity contribution >= 4 is 24.5 Å². The number of benzene rings is 2. The monoisotopic (exact) mass is 380 g/mol. The molecule has 1 saturated carbocycles. The van der Waals surface area contributed by atoms with Crippen molar-refractivity contribution in [2.24, 2.45) is 17.8 Å². The highest BCUT2D eigenvalue weighted by Crippen LogP contribution is 2.43. The predicted octanol–water partition coefficient (Wildman–Crippen LogP) is 4.42. The first-order valence-electron chi connectivity index (χ1n) is 10.1. The van der Waals surface area contributed by atoms with E-state index >= 15 is 0 Å². The minimum atomic E-state index is -2.47. The summed E-state index contributed by atoms with van der Waals surface area (Å²) < 4.78 is 6.94. The zero-order chi connectivity index (χ0) is 19.7. The van der Waals surface area contributed by atoms with Crippen LogP contribution in [0.1, 0.15) is 41.0 Å². The Morgan fingerprint density at radius 1 is 1.00 bits per heavy atom. The summed E-state index contributed by atoms with van der Waals surface area (Å²) in [7, 11) is -2.47. The average molecular weight is 381 g/mol. The van der Waals surface area contributed by atoms with Crippen LogP contribution < -0.4 is 10.4 Å². The fraction of sp³-hybridized carbons (Fsp3) is 0.458. The standard InChI is InChI=1S/C24H32O2Si/c1-18(2)23(25)22-16-19(22)17-26-27(24(3,4)5,20-12-8-6-9-13-20)21-14-10-7-11-15-21/h6-15,18-19,22H,16-17H2,1-5H3/t19-,22+/m0/s1. The van der Waals surface area contributed by atoms with Crippen LogP contribution >= 0.6 is 0 Å². The molecule has 2 atom stereocenters. The van der Waals surface area contributed by atoms with Crippen molar-refractivity contribution < 1.29 is 9.22 Å². The van der Waals surface area contributed by atoms with Crippen LogP contribution in [0.15, 0.2) is 60.7 Å². The lowest BCUT2D eigenvalue weighted by molar-refractivity contribution is -0.123. The van der Waals surface area contributed by atoms with Gasteiger partial charge in [0.2, 0.25) is 0 Å². The first-order valence-corrected chi connectivity index (χ1v) is 12.0. The van der Waals surface area contributed by atoms with Crippen molar-refractivity contribution in [2.45, 2.75) is 46.1 Å². The van der Waals surface area contributed by atoms with Gasteiger partial charge >= 0.3 is 0 Å². The zero-order valence-electron chi connectivity index (χ0n) is 17.2. The van der Waals surface area contributed by atoms with Crippen molar-refractivity contribution in [3.8, 4) is 0 Å². The normalized spacial score (nSPS) is 19.9. The van der Waals surface area contributed by atoms with Gasteiger partial charge in [-0.25, -0.2) is 0 Å².